The minimum Gasteiger partial charge on any atom is -0.450 e. The van der Waals surface area contributed by atoms with E-state index in [1.807, 2.05) is 0 Å². The number of rotatable bonds is 5. The number of primary amides is 1. The van der Waals surface area contributed by atoms with E-state index in [4.69, 9.17) is 14.9 Å². The normalized spacial score (nSPS) is 16.8. The van der Waals surface area contributed by atoms with E-state index in [0.29, 0.717) is 19.4 Å². The first-order valence-corrected chi connectivity index (χ1v) is 8.54. The molecule has 0 unspecified atom stereocenters. The molecule has 0 saturated carbocycles. The number of esters is 1. The smallest absolute Gasteiger partial charge is 0.374 e. The fraction of sp³-hybridized carbons (Fsp3) is 0.316. The van der Waals surface area contributed by atoms with Gasteiger partial charge in [-0.2, -0.15) is 0 Å². The van der Waals surface area contributed by atoms with Crippen LogP contribution in [0.25, 0.3) is 11.3 Å². The predicted octanol–water partition coefficient (Wildman–Crippen LogP) is 1.97. The Morgan fingerprint density at radius 3 is 2.74 bits per heavy atom. The van der Waals surface area contributed by atoms with Crippen molar-refractivity contribution in [3.05, 3.63) is 48.0 Å². The number of amides is 2. The number of furan rings is 1. The number of carbonyl (C=O) groups is 3. The highest BCUT2D eigenvalue weighted by atomic mass is 19.1. The largest absolute Gasteiger partial charge is 0.450 e. The molecule has 142 valence electrons. The standard InChI is InChI=1S/C19H19FN2O5/c20-14-6-2-1-5-13(14)15-7-8-16(27-15)19(25)26-11-17(23)22-9-3-4-12(10-22)18(21)24/h1-2,5-8,12H,3-4,9-11H2,(H2,21,24)/t12-/m0/s1. The molecule has 3 rings (SSSR count). The lowest BCUT2D eigenvalue weighted by molar-refractivity contribution is -0.137. The maximum atomic E-state index is 13.8. The van der Waals surface area contributed by atoms with Crippen LogP contribution in [0.15, 0.2) is 40.8 Å². The van der Waals surface area contributed by atoms with Crippen molar-refractivity contribution in [2.24, 2.45) is 11.7 Å². The number of halogens is 1. The van der Waals surface area contributed by atoms with Gasteiger partial charge in [0.2, 0.25) is 11.7 Å². The summed E-state index contributed by atoms with van der Waals surface area (Å²) in [7, 11) is 0. The van der Waals surface area contributed by atoms with Crippen molar-refractivity contribution in [2.75, 3.05) is 19.7 Å². The lowest BCUT2D eigenvalue weighted by Crippen LogP contribution is -2.45. The first kappa shape index (κ1) is 18.6. The Hall–Kier alpha value is -3.16. The van der Waals surface area contributed by atoms with Gasteiger partial charge >= 0.3 is 5.97 Å². The van der Waals surface area contributed by atoms with Gasteiger partial charge in [-0.05, 0) is 37.1 Å². The molecule has 27 heavy (non-hydrogen) atoms. The predicted molar refractivity (Wildman–Crippen MR) is 92.9 cm³/mol. The lowest BCUT2D eigenvalue weighted by Gasteiger charge is -2.30. The topological polar surface area (TPSA) is 103 Å². The Balaban J connectivity index is 1.57. The summed E-state index contributed by atoms with van der Waals surface area (Å²) < 4.78 is 24.1. The first-order chi connectivity index (χ1) is 13.0. The number of nitrogens with two attached hydrogens (primary N) is 1. The van der Waals surface area contributed by atoms with Crippen molar-refractivity contribution >= 4 is 17.8 Å². The van der Waals surface area contributed by atoms with Gasteiger partial charge in [0.1, 0.15) is 11.6 Å². The maximum Gasteiger partial charge on any atom is 0.374 e. The van der Waals surface area contributed by atoms with E-state index >= 15 is 0 Å². The van der Waals surface area contributed by atoms with Gasteiger partial charge in [-0.3, -0.25) is 9.59 Å². The summed E-state index contributed by atoms with van der Waals surface area (Å²) in [4.78, 5) is 37.0. The van der Waals surface area contributed by atoms with E-state index in [9.17, 15) is 18.8 Å². The fourth-order valence-corrected chi connectivity index (χ4v) is 2.98. The highest BCUT2D eigenvalue weighted by Crippen LogP contribution is 2.25. The fourth-order valence-electron chi connectivity index (χ4n) is 2.98. The molecular formula is C19H19FN2O5. The molecule has 0 bridgehead atoms. The minimum atomic E-state index is -0.825. The molecule has 2 heterocycles. The van der Waals surface area contributed by atoms with Crippen molar-refractivity contribution in [1.29, 1.82) is 0 Å². The second-order valence-corrected chi connectivity index (χ2v) is 6.30. The van der Waals surface area contributed by atoms with Crippen LogP contribution >= 0.6 is 0 Å². The Morgan fingerprint density at radius 2 is 2.00 bits per heavy atom. The Bertz CT molecular complexity index is 863. The third-order valence-electron chi connectivity index (χ3n) is 4.45. The van der Waals surface area contributed by atoms with Gasteiger partial charge in [-0.1, -0.05) is 12.1 Å². The number of benzene rings is 1. The van der Waals surface area contributed by atoms with Crippen molar-refractivity contribution < 1.29 is 27.9 Å². The van der Waals surface area contributed by atoms with Crippen LogP contribution in [0.5, 0.6) is 0 Å². The zero-order valence-corrected chi connectivity index (χ0v) is 14.5. The van der Waals surface area contributed by atoms with Crippen LogP contribution in [-0.4, -0.2) is 42.4 Å². The molecular weight excluding hydrogens is 355 g/mol. The van der Waals surface area contributed by atoms with Gasteiger partial charge in [0.15, 0.2) is 6.61 Å². The maximum absolute atomic E-state index is 13.8. The van der Waals surface area contributed by atoms with E-state index in [-0.39, 0.29) is 29.5 Å². The van der Waals surface area contributed by atoms with Gasteiger partial charge < -0.3 is 19.8 Å². The Morgan fingerprint density at radius 1 is 1.22 bits per heavy atom. The third kappa shape index (κ3) is 4.33. The van der Waals surface area contributed by atoms with E-state index < -0.39 is 30.2 Å². The molecule has 7 nitrogen and oxygen atoms in total. The van der Waals surface area contributed by atoms with Crippen LogP contribution < -0.4 is 5.73 Å². The number of hydrogen-bond donors (Lipinski definition) is 1. The van der Waals surface area contributed by atoms with Gasteiger partial charge in [-0.25, -0.2) is 9.18 Å². The molecule has 2 aromatic rings. The lowest BCUT2D eigenvalue weighted by atomic mass is 9.97. The summed E-state index contributed by atoms with van der Waals surface area (Å²) >= 11 is 0. The SMILES string of the molecule is NC(=O)[C@H]1CCCN(C(=O)COC(=O)c2ccc(-c3ccccc3F)o2)C1. The monoisotopic (exact) mass is 374 g/mol. The van der Waals surface area contributed by atoms with Crippen molar-refractivity contribution in [1.82, 2.24) is 4.90 Å². The number of hydrogen-bond acceptors (Lipinski definition) is 5. The molecule has 8 heteroatoms. The molecule has 0 spiro atoms. The van der Waals surface area contributed by atoms with Crippen LogP contribution in [-0.2, 0) is 14.3 Å². The summed E-state index contributed by atoms with van der Waals surface area (Å²) in [6.07, 6.45) is 1.31. The zero-order chi connectivity index (χ0) is 19.4. The number of ether oxygens (including phenoxy) is 1. The Labute approximate surface area is 154 Å². The van der Waals surface area contributed by atoms with E-state index in [2.05, 4.69) is 0 Å². The molecule has 1 atom stereocenters. The number of likely N-dealkylation sites (tertiary alicyclic amines) is 1. The summed E-state index contributed by atoms with van der Waals surface area (Å²) in [5.74, 6) is -2.48. The summed E-state index contributed by atoms with van der Waals surface area (Å²) in [5.41, 5.74) is 5.51. The van der Waals surface area contributed by atoms with Crippen LogP contribution in [0.2, 0.25) is 0 Å². The average molecular weight is 374 g/mol. The summed E-state index contributed by atoms with van der Waals surface area (Å²) in [6.45, 7) is 0.238. The molecule has 0 aliphatic carbocycles. The number of piperidine rings is 1. The van der Waals surface area contributed by atoms with E-state index in [1.165, 1.54) is 29.2 Å². The second kappa shape index (κ2) is 8.03. The molecule has 1 aromatic carbocycles. The van der Waals surface area contributed by atoms with E-state index in [1.54, 1.807) is 12.1 Å². The molecule has 2 amide bonds. The molecule has 1 aliphatic rings. The molecule has 1 aromatic heterocycles. The van der Waals surface area contributed by atoms with Gasteiger partial charge in [0.25, 0.3) is 5.91 Å². The number of carbonyl (C=O) groups excluding carboxylic acids is 3. The minimum absolute atomic E-state index is 0.130. The van der Waals surface area contributed by atoms with Crippen LogP contribution in [0.3, 0.4) is 0 Å². The zero-order valence-electron chi connectivity index (χ0n) is 14.5. The van der Waals surface area contributed by atoms with Gasteiger partial charge in [-0.15, -0.1) is 0 Å². The van der Waals surface area contributed by atoms with Crippen molar-refractivity contribution in [2.45, 2.75) is 12.8 Å². The van der Waals surface area contributed by atoms with Crippen molar-refractivity contribution in [3.63, 3.8) is 0 Å². The third-order valence-corrected chi connectivity index (χ3v) is 4.45. The summed E-state index contributed by atoms with van der Waals surface area (Å²) in [6, 6.07) is 8.82. The van der Waals surface area contributed by atoms with Gasteiger partial charge in [0.05, 0.1) is 11.5 Å². The average Bonchev–Trinajstić information content (AvgIpc) is 3.16. The van der Waals surface area contributed by atoms with Crippen molar-refractivity contribution in [3.8, 4) is 11.3 Å². The van der Waals surface area contributed by atoms with Crippen LogP contribution in [0, 0.1) is 11.7 Å². The first-order valence-electron chi connectivity index (χ1n) is 8.54. The molecule has 2 N–H and O–H groups in total. The quantitative estimate of drug-likeness (QED) is 0.806. The molecule has 1 aliphatic heterocycles. The molecule has 0 radical (unpaired) electrons. The molecule has 1 fully saturated rings. The second-order valence-electron chi connectivity index (χ2n) is 6.30. The van der Waals surface area contributed by atoms with Gasteiger partial charge in [0, 0.05) is 13.1 Å². The van der Waals surface area contributed by atoms with Crippen LogP contribution in [0.1, 0.15) is 23.4 Å². The highest BCUT2D eigenvalue weighted by molar-refractivity contribution is 5.89. The Kier molecular flexibility index (Phi) is 5.54. The highest BCUT2D eigenvalue weighted by Gasteiger charge is 2.27. The number of nitrogens with zero attached hydrogens (tertiary/aromatic N) is 1. The van der Waals surface area contributed by atoms with Crippen LogP contribution in [0.4, 0.5) is 4.39 Å². The summed E-state index contributed by atoms with van der Waals surface area (Å²) in [5, 5.41) is 0. The molecule has 1 saturated heterocycles. The van der Waals surface area contributed by atoms with E-state index in [0.717, 1.165) is 0 Å².